The van der Waals surface area contributed by atoms with Gasteiger partial charge in [0.05, 0.1) is 6.42 Å². The molecule has 2 aromatic rings. The number of nitrogens with zero attached hydrogens (tertiary/aromatic N) is 1. The lowest BCUT2D eigenvalue weighted by atomic mass is 10.1. The van der Waals surface area contributed by atoms with Crippen molar-refractivity contribution < 1.29 is 9.21 Å². The summed E-state index contributed by atoms with van der Waals surface area (Å²) in [5, 5.41) is 3.33. The van der Waals surface area contributed by atoms with Gasteiger partial charge in [-0.1, -0.05) is 0 Å². The Hall–Kier alpha value is -2.30. The Morgan fingerprint density at radius 2 is 2.05 bits per heavy atom. The van der Waals surface area contributed by atoms with Crippen LogP contribution in [0.4, 0.5) is 5.69 Å². The molecule has 0 bridgehead atoms. The third kappa shape index (κ3) is 2.76. The third-order valence-corrected chi connectivity index (χ3v) is 2.96. The summed E-state index contributed by atoms with van der Waals surface area (Å²) >= 11 is 0. The van der Waals surface area contributed by atoms with Crippen molar-refractivity contribution in [1.82, 2.24) is 5.32 Å². The number of likely N-dealkylation sites (N-methyl/N-ethyl adjacent to an activating group) is 1. The molecule has 0 saturated heterocycles. The van der Waals surface area contributed by atoms with E-state index in [0.29, 0.717) is 11.1 Å². The van der Waals surface area contributed by atoms with E-state index in [4.69, 9.17) is 4.42 Å². The molecule has 100 valence electrons. The Kier molecular flexibility index (Phi) is 3.55. The van der Waals surface area contributed by atoms with E-state index in [0.717, 1.165) is 11.1 Å². The molecule has 1 aromatic carbocycles. The third-order valence-electron chi connectivity index (χ3n) is 2.96. The predicted octanol–water partition coefficient (Wildman–Crippen LogP) is 1.15. The molecule has 1 N–H and O–H groups in total. The number of fused-ring (bicyclic) bond motifs is 1. The number of rotatable bonds is 3. The van der Waals surface area contributed by atoms with E-state index >= 15 is 0 Å². The van der Waals surface area contributed by atoms with Gasteiger partial charge in [-0.15, -0.1) is 0 Å². The van der Waals surface area contributed by atoms with Gasteiger partial charge in [0.15, 0.2) is 0 Å². The van der Waals surface area contributed by atoms with Crippen LogP contribution in [0.2, 0.25) is 0 Å². The number of carbonyl (C=O) groups is 1. The minimum Gasteiger partial charge on any atom is -0.423 e. The maximum Gasteiger partial charge on any atom is 0.336 e. The zero-order valence-corrected chi connectivity index (χ0v) is 11.2. The summed E-state index contributed by atoms with van der Waals surface area (Å²) in [7, 11) is 5.39. The molecule has 2 rings (SSSR count). The quantitative estimate of drug-likeness (QED) is 0.841. The van der Waals surface area contributed by atoms with Gasteiger partial charge in [0.1, 0.15) is 5.58 Å². The van der Waals surface area contributed by atoms with Crippen LogP contribution in [-0.2, 0) is 11.2 Å². The van der Waals surface area contributed by atoms with Crippen molar-refractivity contribution in [2.45, 2.75) is 6.42 Å². The highest BCUT2D eigenvalue weighted by atomic mass is 16.4. The first-order valence-electron chi connectivity index (χ1n) is 5.96. The zero-order valence-electron chi connectivity index (χ0n) is 11.2. The molecule has 0 aliphatic carbocycles. The Bertz CT molecular complexity index is 674. The van der Waals surface area contributed by atoms with Crippen LogP contribution in [0.1, 0.15) is 5.56 Å². The Morgan fingerprint density at radius 3 is 2.68 bits per heavy atom. The van der Waals surface area contributed by atoms with E-state index in [1.54, 1.807) is 13.1 Å². The summed E-state index contributed by atoms with van der Waals surface area (Å²) in [6.45, 7) is 0. The average Bonchev–Trinajstić information content (AvgIpc) is 2.37. The number of anilines is 1. The SMILES string of the molecule is CNC(=O)Cc1cc(=O)oc2cc(N(C)C)ccc12. The molecule has 5 heteroatoms. The molecular weight excluding hydrogens is 244 g/mol. The van der Waals surface area contributed by atoms with Gasteiger partial charge >= 0.3 is 5.63 Å². The average molecular weight is 260 g/mol. The maximum absolute atomic E-state index is 11.5. The van der Waals surface area contributed by atoms with Crippen molar-refractivity contribution in [1.29, 1.82) is 0 Å². The van der Waals surface area contributed by atoms with E-state index in [9.17, 15) is 9.59 Å². The number of carbonyl (C=O) groups excluding carboxylic acids is 1. The van der Waals surface area contributed by atoms with Gasteiger partial charge in [-0.25, -0.2) is 4.79 Å². The molecule has 0 saturated carbocycles. The van der Waals surface area contributed by atoms with Gasteiger partial charge in [-0.2, -0.15) is 0 Å². The fourth-order valence-electron chi connectivity index (χ4n) is 1.90. The molecule has 0 aliphatic rings. The van der Waals surface area contributed by atoms with E-state index in [-0.39, 0.29) is 12.3 Å². The number of amides is 1. The number of hydrogen-bond acceptors (Lipinski definition) is 4. The molecule has 0 atom stereocenters. The number of nitrogens with one attached hydrogen (secondary N) is 1. The molecule has 1 heterocycles. The second kappa shape index (κ2) is 5.14. The Morgan fingerprint density at radius 1 is 1.32 bits per heavy atom. The summed E-state index contributed by atoms with van der Waals surface area (Å²) in [4.78, 5) is 24.9. The van der Waals surface area contributed by atoms with Gasteiger partial charge in [0.2, 0.25) is 5.91 Å². The maximum atomic E-state index is 11.5. The molecule has 0 radical (unpaired) electrons. The van der Waals surface area contributed by atoms with Gasteiger partial charge in [-0.05, 0) is 17.7 Å². The molecule has 5 nitrogen and oxygen atoms in total. The number of benzene rings is 1. The van der Waals surface area contributed by atoms with E-state index < -0.39 is 5.63 Å². The molecule has 19 heavy (non-hydrogen) atoms. The van der Waals surface area contributed by atoms with Crippen molar-refractivity contribution in [3.63, 3.8) is 0 Å². The zero-order chi connectivity index (χ0) is 14.0. The molecule has 0 unspecified atom stereocenters. The lowest BCUT2D eigenvalue weighted by molar-refractivity contribution is -0.119. The first-order valence-corrected chi connectivity index (χ1v) is 5.96. The molecule has 1 aromatic heterocycles. The summed E-state index contributed by atoms with van der Waals surface area (Å²) in [5.74, 6) is -0.136. The molecule has 0 spiro atoms. The van der Waals surface area contributed by atoms with Crippen molar-refractivity contribution in [2.24, 2.45) is 0 Å². The minimum absolute atomic E-state index is 0.136. The smallest absolute Gasteiger partial charge is 0.336 e. The topological polar surface area (TPSA) is 62.6 Å². The summed E-state index contributed by atoms with van der Waals surface area (Å²) in [6, 6.07) is 6.96. The first kappa shape index (κ1) is 13.1. The van der Waals surface area contributed by atoms with Gasteiger partial charge in [0.25, 0.3) is 0 Å². The summed E-state index contributed by atoms with van der Waals surface area (Å²) < 4.78 is 5.19. The standard InChI is InChI=1S/C14H16N2O3/c1-15-13(17)6-9-7-14(18)19-12-8-10(16(2)3)4-5-11(9)12/h4-5,7-8H,6H2,1-3H3,(H,15,17). The van der Waals surface area contributed by atoms with Crippen molar-refractivity contribution in [2.75, 3.05) is 26.0 Å². The highest BCUT2D eigenvalue weighted by Crippen LogP contribution is 2.22. The fraction of sp³-hybridized carbons (Fsp3) is 0.286. The molecule has 1 amide bonds. The van der Waals surface area contributed by atoms with Crippen LogP contribution >= 0.6 is 0 Å². The highest BCUT2D eigenvalue weighted by Gasteiger charge is 2.10. The second-order valence-corrected chi connectivity index (χ2v) is 4.52. The molecule has 0 aliphatic heterocycles. The summed E-state index contributed by atoms with van der Waals surface area (Å²) in [6.07, 6.45) is 0.167. The van der Waals surface area contributed by atoms with Crippen LogP contribution in [0.15, 0.2) is 33.5 Å². The highest BCUT2D eigenvalue weighted by molar-refractivity contribution is 5.88. The van der Waals surface area contributed by atoms with Crippen LogP contribution in [0, 0.1) is 0 Å². The van der Waals surface area contributed by atoms with Crippen LogP contribution in [0.5, 0.6) is 0 Å². The van der Waals surface area contributed by atoms with Crippen LogP contribution in [0.3, 0.4) is 0 Å². The van der Waals surface area contributed by atoms with Crippen LogP contribution in [-0.4, -0.2) is 27.1 Å². The largest absolute Gasteiger partial charge is 0.423 e. The Labute approximate surface area is 110 Å². The van der Waals surface area contributed by atoms with Crippen LogP contribution in [0.25, 0.3) is 11.0 Å². The van der Waals surface area contributed by atoms with Crippen molar-refractivity contribution >= 4 is 22.6 Å². The van der Waals surface area contributed by atoms with E-state index in [1.807, 2.05) is 31.1 Å². The lowest BCUT2D eigenvalue weighted by Gasteiger charge is -2.13. The van der Waals surface area contributed by atoms with Gasteiger partial charge < -0.3 is 14.6 Å². The second-order valence-electron chi connectivity index (χ2n) is 4.52. The molecular formula is C14H16N2O3. The van der Waals surface area contributed by atoms with E-state index in [1.165, 1.54) is 6.07 Å². The minimum atomic E-state index is -0.442. The number of hydrogen-bond donors (Lipinski definition) is 1. The summed E-state index contributed by atoms with van der Waals surface area (Å²) in [5.41, 5.74) is 1.67. The van der Waals surface area contributed by atoms with E-state index in [2.05, 4.69) is 5.32 Å². The van der Waals surface area contributed by atoms with Gasteiger partial charge in [0, 0.05) is 44.3 Å². The van der Waals surface area contributed by atoms with Crippen molar-refractivity contribution in [3.8, 4) is 0 Å². The van der Waals surface area contributed by atoms with Gasteiger partial charge in [-0.3, -0.25) is 4.79 Å². The molecule has 0 fully saturated rings. The monoisotopic (exact) mass is 260 g/mol. The fourth-order valence-corrected chi connectivity index (χ4v) is 1.90. The Balaban J connectivity index is 2.59. The van der Waals surface area contributed by atoms with Crippen molar-refractivity contribution in [3.05, 3.63) is 40.2 Å². The normalized spacial score (nSPS) is 10.5. The predicted molar refractivity (Wildman–Crippen MR) is 74.6 cm³/mol. The first-order chi connectivity index (χ1) is 9.01. The lowest BCUT2D eigenvalue weighted by Crippen LogP contribution is -2.20. The van der Waals surface area contributed by atoms with Crippen LogP contribution < -0.4 is 15.8 Å².